The number of benzene rings is 1. The fourth-order valence-electron chi connectivity index (χ4n) is 0.755. The molecule has 1 atom stereocenters. The van der Waals surface area contributed by atoms with Crippen LogP contribution in [0, 0.1) is 0 Å². The third kappa shape index (κ3) is 1.76. The fraction of sp³-hybridized carbons (Fsp3) is 0.250. The molecule has 0 amide bonds. The van der Waals surface area contributed by atoms with Crippen molar-refractivity contribution in [1.29, 1.82) is 0 Å². The van der Waals surface area contributed by atoms with Crippen LogP contribution in [0.4, 0.5) is 4.39 Å². The molecule has 0 spiro atoms. The summed E-state index contributed by atoms with van der Waals surface area (Å²) in [5, 5.41) is 10.8. The lowest BCUT2D eigenvalue weighted by Crippen LogP contribution is -2.19. The summed E-state index contributed by atoms with van der Waals surface area (Å²) in [7, 11) is 1.04. The molecule has 1 rings (SSSR count). The van der Waals surface area contributed by atoms with Crippen molar-refractivity contribution in [3.8, 4) is 0 Å². The van der Waals surface area contributed by atoms with E-state index in [0.29, 0.717) is 0 Å². The molecule has 0 aromatic heterocycles. The van der Waals surface area contributed by atoms with Gasteiger partial charge in [-0.15, -0.1) is 0 Å². The van der Waals surface area contributed by atoms with Crippen LogP contribution in [-0.4, -0.2) is 7.11 Å². The predicted octanol–water partition coefficient (Wildman–Crippen LogP) is 1.84. The molecule has 0 bridgehead atoms. The van der Waals surface area contributed by atoms with Gasteiger partial charge >= 0.3 is 6.04 Å². The normalized spacial score (nSPS) is 15.9. The second-order valence-electron chi connectivity index (χ2n) is 2.11. The Hall–Kier alpha value is -0.930. The third-order valence-electron chi connectivity index (χ3n) is 1.38. The lowest BCUT2D eigenvalue weighted by molar-refractivity contribution is -0.323. The number of methoxy groups -OCH3 is 1. The maximum absolute atomic E-state index is 12.8. The average molecular weight is 155 g/mol. The third-order valence-corrected chi connectivity index (χ3v) is 1.38. The highest BCUT2D eigenvalue weighted by Gasteiger charge is 2.29. The van der Waals surface area contributed by atoms with E-state index >= 15 is 0 Å². The highest BCUT2D eigenvalue weighted by molar-refractivity contribution is 5.17. The fourth-order valence-corrected chi connectivity index (χ4v) is 0.755. The average Bonchev–Trinajstić information content (AvgIpc) is 2.06. The summed E-state index contributed by atoms with van der Waals surface area (Å²) in [6, 6.07) is 4.73. The van der Waals surface area contributed by atoms with E-state index in [9.17, 15) is 9.50 Å². The second-order valence-corrected chi connectivity index (χ2v) is 2.11. The van der Waals surface area contributed by atoms with Gasteiger partial charge in [0, 0.05) is 12.7 Å². The summed E-state index contributed by atoms with van der Waals surface area (Å²) in [5.74, 6) is 0. The van der Waals surface area contributed by atoms with Crippen LogP contribution in [0.15, 0.2) is 30.3 Å². The maximum Gasteiger partial charge on any atom is 0.375 e. The van der Waals surface area contributed by atoms with Crippen LogP contribution in [-0.2, 0) is 15.9 Å². The smallest absolute Gasteiger partial charge is 0.322 e. The molecular formula is C8H8FO2. The Morgan fingerprint density at radius 3 is 2.36 bits per heavy atom. The van der Waals surface area contributed by atoms with E-state index in [0.717, 1.165) is 7.11 Å². The van der Waals surface area contributed by atoms with Crippen molar-refractivity contribution in [2.24, 2.45) is 0 Å². The molecule has 1 unspecified atom stereocenters. The van der Waals surface area contributed by atoms with E-state index in [-0.39, 0.29) is 5.56 Å². The van der Waals surface area contributed by atoms with E-state index in [1.807, 2.05) is 0 Å². The van der Waals surface area contributed by atoms with Crippen LogP contribution in [0.3, 0.4) is 0 Å². The molecule has 0 aliphatic heterocycles. The van der Waals surface area contributed by atoms with Crippen LogP contribution in [0.5, 0.6) is 0 Å². The topological polar surface area (TPSA) is 29.1 Å². The summed E-state index contributed by atoms with van der Waals surface area (Å²) in [6.45, 7) is 0. The van der Waals surface area contributed by atoms with Crippen molar-refractivity contribution >= 4 is 0 Å². The molecule has 1 aromatic rings. The molecule has 3 heteroatoms. The van der Waals surface area contributed by atoms with Crippen LogP contribution in [0.25, 0.3) is 0 Å². The molecule has 0 heterocycles. The second kappa shape index (κ2) is 2.98. The number of alkyl halides is 1. The highest BCUT2D eigenvalue weighted by atomic mass is 19.2. The molecule has 0 saturated carbocycles. The molecule has 0 saturated heterocycles. The van der Waals surface area contributed by atoms with Crippen molar-refractivity contribution in [3.05, 3.63) is 35.9 Å². The van der Waals surface area contributed by atoms with Gasteiger partial charge in [-0.3, -0.25) is 0 Å². The van der Waals surface area contributed by atoms with Crippen LogP contribution in [0.1, 0.15) is 5.56 Å². The summed E-state index contributed by atoms with van der Waals surface area (Å²) in [4.78, 5) is 0. The van der Waals surface area contributed by atoms with Crippen molar-refractivity contribution in [3.63, 3.8) is 0 Å². The van der Waals surface area contributed by atoms with Crippen LogP contribution < -0.4 is 0 Å². The largest absolute Gasteiger partial charge is 0.375 e. The first-order chi connectivity index (χ1) is 5.17. The van der Waals surface area contributed by atoms with Gasteiger partial charge in [0.1, 0.15) is 0 Å². The zero-order valence-corrected chi connectivity index (χ0v) is 6.08. The molecule has 0 N–H and O–H groups in total. The molecule has 59 valence electrons. The summed E-state index contributed by atoms with van der Waals surface area (Å²) >= 11 is 0. The van der Waals surface area contributed by atoms with Crippen molar-refractivity contribution in [2.45, 2.75) is 6.04 Å². The van der Waals surface area contributed by atoms with Crippen molar-refractivity contribution in [2.75, 3.05) is 7.11 Å². The minimum Gasteiger partial charge on any atom is -0.322 e. The van der Waals surface area contributed by atoms with Gasteiger partial charge < -0.3 is 4.74 Å². The summed E-state index contributed by atoms with van der Waals surface area (Å²) < 4.78 is 16.9. The number of rotatable bonds is 2. The molecule has 2 nitrogen and oxygen atoms in total. The lowest BCUT2D eigenvalue weighted by atomic mass is 10.2. The van der Waals surface area contributed by atoms with Gasteiger partial charge in [-0.1, -0.05) is 30.3 Å². The summed E-state index contributed by atoms with van der Waals surface area (Å²) in [6.07, 6.45) is 0. The zero-order valence-electron chi connectivity index (χ0n) is 6.08. The first-order valence-electron chi connectivity index (χ1n) is 3.17. The Balaban J connectivity index is 2.93. The maximum atomic E-state index is 12.8. The number of hydrogen-bond donors (Lipinski definition) is 0. The molecule has 1 aromatic carbocycles. The van der Waals surface area contributed by atoms with Gasteiger partial charge in [-0.05, 0) is 0 Å². The van der Waals surface area contributed by atoms with Gasteiger partial charge in [0.05, 0.1) is 0 Å². The van der Waals surface area contributed by atoms with E-state index in [2.05, 4.69) is 4.74 Å². The first kappa shape index (κ1) is 8.17. The van der Waals surface area contributed by atoms with Gasteiger partial charge in [0.25, 0.3) is 0 Å². The molecular weight excluding hydrogens is 147 g/mol. The number of ether oxygens (including phenoxy) is 1. The highest BCUT2D eigenvalue weighted by Crippen LogP contribution is 2.23. The molecule has 11 heavy (non-hydrogen) atoms. The zero-order chi connectivity index (χ0) is 8.32. The Morgan fingerprint density at radius 2 is 1.91 bits per heavy atom. The Bertz CT molecular complexity index is 221. The van der Waals surface area contributed by atoms with E-state index in [1.165, 1.54) is 12.1 Å². The summed E-state index contributed by atoms with van der Waals surface area (Å²) in [5.41, 5.74) is -0.0116. The Kier molecular flexibility index (Phi) is 2.22. The standard InChI is InChI=1S/C8H8FO2/c1-11-8(9,10)7-5-3-2-4-6-7/h2-6H,1H3. The van der Waals surface area contributed by atoms with E-state index in [4.69, 9.17) is 0 Å². The number of hydrogen-bond acceptors (Lipinski definition) is 1. The van der Waals surface area contributed by atoms with Crippen LogP contribution >= 0.6 is 0 Å². The van der Waals surface area contributed by atoms with Crippen molar-refractivity contribution in [1.82, 2.24) is 0 Å². The Labute approximate surface area is 64.2 Å². The molecule has 0 aliphatic carbocycles. The quantitative estimate of drug-likeness (QED) is 0.599. The monoisotopic (exact) mass is 155 g/mol. The Morgan fingerprint density at radius 1 is 1.36 bits per heavy atom. The molecule has 0 fully saturated rings. The minimum atomic E-state index is -2.92. The van der Waals surface area contributed by atoms with Gasteiger partial charge in [-0.25, -0.2) is 0 Å². The van der Waals surface area contributed by atoms with Crippen LogP contribution in [0.2, 0.25) is 0 Å². The SMILES string of the molecule is COC([O])(F)c1ccccc1. The van der Waals surface area contributed by atoms with E-state index in [1.54, 1.807) is 18.2 Å². The van der Waals surface area contributed by atoms with Crippen molar-refractivity contribution < 1.29 is 14.2 Å². The van der Waals surface area contributed by atoms with Gasteiger partial charge in [0.2, 0.25) is 0 Å². The predicted molar refractivity (Wildman–Crippen MR) is 36.9 cm³/mol. The van der Waals surface area contributed by atoms with Gasteiger partial charge in [-0.2, -0.15) is 9.50 Å². The molecule has 0 aliphatic rings. The number of halogens is 1. The van der Waals surface area contributed by atoms with E-state index < -0.39 is 6.04 Å². The lowest BCUT2D eigenvalue weighted by Gasteiger charge is -2.13. The molecule has 1 radical (unpaired) electrons. The first-order valence-corrected chi connectivity index (χ1v) is 3.17. The minimum absolute atomic E-state index is 0.0116. The van der Waals surface area contributed by atoms with Gasteiger partial charge in [0.15, 0.2) is 0 Å².